The second-order valence-corrected chi connectivity index (χ2v) is 31.4. The Morgan fingerprint density at radius 3 is 1.81 bits per heavy atom. The maximum Gasteiger partial charge on any atom is -0.0632 e. The Labute approximate surface area is 209 Å². The largest absolute Gasteiger partial charge is 0.196 e. The van der Waals surface area contributed by atoms with E-state index in [4.69, 9.17) is 17.0 Å². The van der Waals surface area contributed by atoms with Gasteiger partial charge in [-0.05, 0) is 12.0 Å². The van der Waals surface area contributed by atoms with Gasteiger partial charge in [0.1, 0.15) is 0 Å². The third-order valence-corrected chi connectivity index (χ3v) is 25.6. The van der Waals surface area contributed by atoms with Crippen molar-refractivity contribution in [3.63, 3.8) is 0 Å². The van der Waals surface area contributed by atoms with Crippen molar-refractivity contribution < 1.29 is 18.0 Å². The minimum Gasteiger partial charge on any atom is -0.196 e. The molecule has 0 aliphatic carbocycles. The molecule has 0 aliphatic rings. The molecular weight excluding hydrogens is 527 g/mol. The van der Waals surface area contributed by atoms with Gasteiger partial charge in [-0.2, -0.15) is 34.4 Å². The fourth-order valence-electron chi connectivity index (χ4n) is 3.50. The summed E-state index contributed by atoms with van der Waals surface area (Å²) in [6.07, 6.45) is 1.10. The molecule has 0 heterocycles. The summed E-state index contributed by atoms with van der Waals surface area (Å²) in [4.78, 5) is 0. The van der Waals surface area contributed by atoms with E-state index in [0.717, 1.165) is 6.42 Å². The van der Waals surface area contributed by atoms with Crippen molar-refractivity contribution in [1.29, 1.82) is 0 Å². The molecule has 4 rings (SSSR count). The Bertz CT molecular complexity index is 1140. The number of hydrogen-bond acceptors (Lipinski definition) is 0. The molecule has 0 radical (unpaired) electrons. The molecular formula is C28H34Cl2SiZr-2. The second kappa shape index (κ2) is 13.1. The van der Waals surface area contributed by atoms with Gasteiger partial charge >= 0.3 is 53.5 Å². The van der Waals surface area contributed by atoms with Gasteiger partial charge < -0.3 is 0 Å². The smallest absolute Gasteiger partial charge is 0.0632 e. The molecule has 0 N–H and O–H groups in total. The third-order valence-electron chi connectivity index (χ3n) is 5.86. The third kappa shape index (κ3) is 7.56. The molecule has 4 aromatic rings. The number of hydrogen-bond donors (Lipinski definition) is 0. The number of benzene rings is 2. The summed E-state index contributed by atoms with van der Waals surface area (Å²) in [7, 11) is 11.2. The van der Waals surface area contributed by atoms with Gasteiger partial charge in [0.15, 0.2) is 0 Å². The van der Waals surface area contributed by atoms with Crippen LogP contribution in [0.3, 0.4) is 0 Å². The number of halogens is 2. The summed E-state index contributed by atoms with van der Waals surface area (Å²) in [5, 5.41) is 2.72. The SMILES string of the molecule is CCc1cc2c(-c3ccccc3)cccc2[cH-]1.C[Si](C)=[Zr]([Cl])[Cl].Cc1[cH-]c(C)c(C)c1C. The summed E-state index contributed by atoms with van der Waals surface area (Å²) in [6, 6.07) is 24.0. The maximum absolute atomic E-state index is 5.62. The first kappa shape index (κ1) is 27.3. The summed E-state index contributed by atoms with van der Waals surface area (Å²) in [5.41, 5.74) is 9.57. The fourth-order valence-corrected chi connectivity index (χ4v) is 3.50. The van der Waals surface area contributed by atoms with Gasteiger partial charge in [0, 0.05) is 0 Å². The summed E-state index contributed by atoms with van der Waals surface area (Å²) < 4.78 is 0. The summed E-state index contributed by atoms with van der Waals surface area (Å²) in [5.74, 6) is 0. The zero-order chi connectivity index (χ0) is 23.8. The van der Waals surface area contributed by atoms with Crippen LogP contribution in [0.25, 0.3) is 21.9 Å². The van der Waals surface area contributed by atoms with Gasteiger partial charge in [-0.25, -0.2) is 0 Å². The van der Waals surface area contributed by atoms with Crippen LogP contribution in [0, 0.1) is 27.7 Å². The van der Waals surface area contributed by atoms with Gasteiger partial charge in [-0.3, -0.25) is 0 Å². The Morgan fingerprint density at radius 1 is 0.812 bits per heavy atom. The standard InChI is InChI=1S/C17H15.C9H13.C2H6Si.2ClH.Zr/c1-2-13-11-15-9-6-10-16(17(15)12-13)14-7-4-3-5-8-14;1-6-5-7(2)9(4)8(6)3;1-3-2;;;/h3-12H,2H2,1H3;5H,1-4H3;1-2H3;2*1H;/q2*-1;;;;+2/p-2. The normalized spacial score (nSPS) is 10.2. The molecule has 0 nitrogen and oxygen atoms in total. The average Bonchev–Trinajstić information content (AvgIpc) is 3.31. The van der Waals surface area contributed by atoms with Crippen molar-refractivity contribution in [2.24, 2.45) is 0 Å². The number of rotatable bonds is 2. The second-order valence-electron chi connectivity index (χ2n) is 8.41. The zero-order valence-corrected chi connectivity index (χ0v) is 25.3. The van der Waals surface area contributed by atoms with Gasteiger partial charge in [0.05, 0.1) is 0 Å². The summed E-state index contributed by atoms with van der Waals surface area (Å²) in [6.45, 7) is 15.2. The Hall–Kier alpha value is -0.920. The molecule has 32 heavy (non-hydrogen) atoms. The van der Waals surface area contributed by atoms with Crippen LogP contribution in [0.1, 0.15) is 34.7 Å². The topological polar surface area (TPSA) is 0 Å². The van der Waals surface area contributed by atoms with Gasteiger partial charge in [-0.1, -0.05) is 76.6 Å². The first-order chi connectivity index (χ1) is 15.1. The monoisotopic (exact) mass is 558 g/mol. The average molecular weight is 561 g/mol. The van der Waals surface area contributed by atoms with Crippen molar-refractivity contribution in [1.82, 2.24) is 0 Å². The van der Waals surface area contributed by atoms with Gasteiger partial charge in [-0.15, -0.1) is 34.5 Å². The van der Waals surface area contributed by atoms with Crippen LogP contribution >= 0.6 is 17.0 Å². The van der Waals surface area contributed by atoms with E-state index in [2.05, 4.69) is 114 Å². The van der Waals surface area contributed by atoms with Crippen LogP contribution in [0.5, 0.6) is 0 Å². The van der Waals surface area contributed by atoms with E-state index >= 15 is 0 Å². The van der Waals surface area contributed by atoms with E-state index in [-0.39, 0.29) is 5.43 Å². The van der Waals surface area contributed by atoms with E-state index in [1.807, 2.05) is 0 Å². The molecule has 0 saturated carbocycles. The van der Waals surface area contributed by atoms with Crippen molar-refractivity contribution >= 4 is 33.2 Å². The molecule has 170 valence electrons. The minimum absolute atomic E-state index is 0.224. The molecule has 4 aromatic carbocycles. The van der Waals surface area contributed by atoms with Crippen LogP contribution in [-0.4, -0.2) is 5.43 Å². The van der Waals surface area contributed by atoms with Crippen LogP contribution in [0.15, 0.2) is 66.7 Å². The molecule has 0 saturated heterocycles. The fraction of sp³-hybridized carbons (Fsp3) is 0.286. The van der Waals surface area contributed by atoms with Crippen molar-refractivity contribution in [3.05, 3.63) is 94.5 Å². The summed E-state index contributed by atoms with van der Waals surface area (Å²) >= 11 is -1.65. The minimum atomic E-state index is -1.65. The van der Waals surface area contributed by atoms with E-state index in [1.165, 1.54) is 49.7 Å². The zero-order valence-electron chi connectivity index (χ0n) is 20.3. The predicted octanol–water partition coefficient (Wildman–Crippen LogP) is 9.59. The van der Waals surface area contributed by atoms with Crippen molar-refractivity contribution in [3.8, 4) is 11.1 Å². The van der Waals surface area contributed by atoms with Crippen LogP contribution in [0.2, 0.25) is 13.1 Å². The Kier molecular flexibility index (Phi) is 11.2. The quantitative estimate of drug-likeness (QED) is 0.169. The van der Waals surface area contributed by atoms with Gasteiger partial charge in [0.25, 0.3) is 0 Å². The van der Waals surface area contributed by atoms with Gasteiger partial charge in [0.2, 0.25) is 0 Å². The molecule has 0 atom stereocenters. The molecule has 0 aromatic heterocycles. The van der Waals surface area contributed by atoms with E-state index in [1.54, 1.807) is 0 Å². The Balaban J connectivity index is 0.000000204. The van der Waals surface area contributed by atoms with Crippen molar-refractivity contribution in [2.45, 2.75) is 54.1 Å². The first-order valence-electron chi connectivity index (χ1n) is 11.1. The van der Waals surface area contributed by atoms with Crippen LogP contribution < -0.4 is 0 Å². The molecule has 0 amide bonds. The maximum atomic E-state index is 5.62. The van der Waals surface area contributed by atoms with Crippen LogP contribution in [-0.2, 0) is 24.4 Å². The molecule has 0 aliphatic heterocycles. The van der Waals surface area contributed by atoms with Crippen LogP contribution in [0.4, 0.5) is 0 Å². The Morgan fingerprint density at radius 2 is 1.38 bits per heavy atom. The van der Waals surface area contributed by atoms with E-state index in [9.17, 15) is 0 Å². The van der Waals surface area contributed by atoms with E-state index < -0.39 is 18.0 Å². The number of fused-ring (bicyclic) bond motifs is 1. The first-order valence-corrected chi connectivity index (χ1v) is 23.6. The predicted molar refractivity (Wildman–Crippen MR) is 145 cm³/mol. The molecule has 0 bridgehead atoms. The molecule has 0 spiro atoms. The molecule has 4 heteroatoms. The number of aryl methyl sites for hydroxylation is 3. The molecule has 0 fully saturated rings. The molecule has 0 unspecified atom stereocenters. The van der Waals surface area contributed by atoms with E-state index in [0.29, 0.717) is 0 Å². The van der Waals surface area contributed by atoms with Crippen molar-refractivity contribution in [2.75, 3.05) is 0 Å².